The maximum Gasteiger partial charge on any atom is 0.178 e. The minimum absolute atomic E-state index is 0.473. The molecule has 1 aliphatic carbocycles. The Kier molecular flexibility index (Phi) is 2.27. The number of halogens is 1. The molecule has 0 bridgehead atoms. The maximum absolute atomic E-state index is 5.38. The van der Waals surface area contributed by atoms with E-state index in [0.29, 0.717) is 5.41 Å². The molecule has 1 aromatic heterocycles. The van der Waals surface area contributed by atoms with Crippen LogP contribution in [0.25, 0.3) is 11.0 Å². The third kappa shape index (κ3) is 1.74. The quantitative estimate of drug-likeness (QED) is 0.821. The smallest absolute Gasteiger partial charge is 0.178 e. The molecule has 1 aliphatic rings. The van der Waals surface area contributed by atoms with E-state index in [-0.39, 0.29) is 0 Å². The first kappa shape index (κ1) is 10.5. The summed E-state index contributed by atoms with van der Waals surface area (Å²) < 4.78 is 4.15. The van der Waals surface area contributed by atoms with Gasteiger partial charge in [-0.3, -0.25) is 0 Å². The van der Waals surface area contributed by atoms with Crippen molar-refractivity contribution in [3.63, 3.8) is 0 Å². The summed E-state index contributed by atoms with van der Waals surface area (Å²) in [5, 5.41) is 0. The summed E-state index contributed by atoms with van der Waals surface area (Å²) in [5.41, 5.74) is 2.80. The van der Waals surface area contributed by atoms with E-state index in [9.17, 15) is 0 Å². The van der Waals surface area contributed by atoms with Crippen LogP contribution in [0.15, 0.2) is 22.7 Å². The Bertz CT molecular complexity index is 607. The number of hydrogen-bond donors (Lipinski definition) is 1. The molecular formula is C12H13BrN2S. The fourth-order valence-electron chi connectivity index (χ4n) is 2.05. The first-order valence-corrected chi connectivity index (χ1v) is 6.66. The average Bonchev–Trinajstić information content (AvgIpc) is 2.86. The molecule has 2 aromatic rings. The van der Waals surface area contributed by atoms with Gasteiger partial charge in [0.2, 0.25) is 0 Å². The largest absolute Gasteiger partial charge is 0.331 e. The molecule has 1 heterocycles. The zero-order chi connectivity index (χ0) is 11.3. The van der Waals surface area contributed by atoms with Crippen molar-refractivity contribution in [2.45, 2.75) is 26.3 Å². The molecule has 0 unspecified atom stereocenters. The Morgan fingerprint density at radius 3 is 2.94 bits per heavy atom. The molecule has 0 spiro atoms. The number of aromatic nitrogens is 2. The van der Waals surface area contributed by atoms with Crippen molar-refractivity contribution in [1.82, 2.24) is 9.55 Å². The normalized spacial score (nSPS) is 17.9. The lowest BCUT2D eigenvalue weighted by molar-refractivity contribution is 0.469. The minimum atomic E-state index is 0.473. The third-order valence-electron chi connectivity index (χ3n) is 3.38. The van der Waals surface area contributed by atoms with E-state index in [1.54, 1.807) is 0 Å². The van der Waals surface area contributed by atoms with Gasteiger partial charge >= 0.3 is 0 Å². The number of nitrogens with one attached hydrogen (secondary N) is 1. The molecule has 1 saturated carbocycles. The number of hydrogen-bond acceptors (Lipinski definition) is 1. The highest BCUT2D eigenvalue weighted by Crippen LogP contribution is 2.46. The zero-order valence-corrected chi connectivity index (χ0v) is 11.5. The number of imidazole rings is 1. The van der Waals surface area contributed by atoms with Gasteiger partial charge < -0.3 is 9.55 Å². The second-order valence-corrected chi connectivity index (χ2v) is 6.29. The van der Waals surface area contributed by atoms with E-state index < -0.39 is 0 Å². The molecule has 3 rings (SSSR count). The molecule has 0 amide bonds. The van der Waals surface area contributed by atoms with Gasteiger partial charge in [-0.05, 0) is 48.7 Å². The second-order valence-electron chi connectivity index (χ2n) is 4.99. The van der Waals surface area contributed by atoms with Crippen LogP contribution in [0.1, 0.15) is 19.8 Å². The minimum Gasteiger partial charge on any atom is -0.331 e. The van der Waals surface area contributed by atoms with Crippen LogP contribution in [0.4, 0.5) is 0 Å². The number of H-pyrrole nitrogens is 1. The van der Waals surface area contributed by atoms with Gasteiger partial charge in [0.15, 0.2) is 4.77 Å². The van der Waals surface area contributed by atoms with Gasteiger partial charge in [-0.25, -0.2) is 0 Å². The maximum atomic E-state index is 5.38. The molecule has 1 aromatic carbocycles. The molecule has 2 nitrogen and oxygen atoms in total. The summed E-state index contributed by atoms with van der Waals surface area (Å²) in [6.45, 7) is 3.36. The van der Waals surface area contributed by atoms with Gasteiger partial charge in [0.1, 0.15) is 0 Å². The van der Waals surface area contributed by atoms with Crippen LogP contribution in [0.5, 0.6) is 0 Å². The van der Waals surface area contributed by atoms with Gasteiger partial charge in [0.05, 0.1) is 11.0 Å². The zero-order valence-electron chi connectivity index (χ0n) is 9.09. The Labute approximate surface area is 108 Å². The monoisotopic (exact) mass is 296 g/mol. The molecule has 1 N–H and O–H groups in total. The van der Waals surface area contributed by atoms with Crippen LogP contribution in [-0.4, -0.2) is 9.55 Å². The lowest BCUT2D eigenvalue weighted by atomic mass is 10.1. The highest BCUT2D eigenvalue weighted by atomic mass is 79.9. The first-order valence-electron chi connectivity index (χ1n) is 5.46. The van der Waals surface area contributed by atoms with Crippen LogP contribution in [0, 0.1) is 10.2 Å². The van der Waals surface area contributed by atoms with Crippen molar-refractivity contribution in [3.05, 3.63) is 27.4 Å². The molecule has 4 heteroatoms. The Morgan fingerprint density at radius 2 is 2.25 bits per heavy atom. The van der Waals surface area contributed by atoms with Crippen molar-refractivity contribution in [2.75, 3.05) is 0 Å². The molecule has 16 heavy (non-hydrogen) atoms. The van der Waals surface area contributed by atoms with Crippen LogP contribution in [0.2, 0.25) is 0 Å². The van der Waals surface area contributed by atoms with Gasteiger partial charge in [-0.1, -0.05) is 22.9 Å². The fourth-order valence-corrected chi connectivity index (χ4v) is 2.68. The topological polar surface area (TPSA) is 20.7 Å². The number of fused-ring (bicyclic) bond motifs is 1. The van der Waals surface area contributed by atoms with Gasteiger partial charge in [0.25, 0.3) is 0 Å². The standard InChI is InChI=1S/C12H13BrN2S/c1-12(4-5-12)7-15-10-3-2-8(13)6-9(10)14-11(15)16/h2-3,6H,4-5,7H2,1H3,(H,14,16). The van der Waals surface area contributed by atoms with Crippen molar-refractivity contribution in [3.8, 4) is 0 Å². The summed E-state index contributed by atoms with van der Waals surface area (Å²) in [6.07, 6.45) is 2.63. The van der Waals surface area contributed by atoms with E-state index in [4.69, 9.17) is 12.2 Å². The lowest BCUT2D eigenvalue weighted by Crippen LogP contribution is -2.07. The number of aromatic amines is 1. The molecule has 0 aliphatic heterocycles. The number of rotatable bonds is 2. The van der Waals surface area contributed by atoms with Crippen molar-refractivity contribution < 1.29 is 0 Å². The molecule has 0 atom stereocenters. The molecule has 0 radical (unpaired) electrons. The Hall–Kier alpha value is -0.610. The summed E-state index contributed by atoms with van der Waals surface area (Å²) in [6, 6.07) is 6.27. The van der Waals surface area contributed by atoms with Gasteiger partial charge in [-0.2, -0.15) is 0 Å². The predicted molar refractivity (Wildman–Crippen MR) is 72.2 cm³/mol. The van der Waals surface area contributed by atoms with E-state index in [1.807, 2.05) is 0 Å². The predicted octanol–water partition coefficient (Wildman–Crippen LogP) is 4.26. The van der Waals surface area contributed by atoms with Crippen LogP contribution in [0.3, 0.4) is 0 Å². The summed E-state index contributed by atoms with van der Waals surface area (Å²) in [5.74, 6) is 0. The molecular weight excluding hydrogens is 284 g/mol. The fraction of sp³-hybridized carbons (Fsp3) is 0.417. The Balaban J connectivity index is 2.16. The van der Waals surface area contributed by atoms with Crippen molar-refractivity contribution >= 4 is 39.2 Å². The second kappa shape index (κ2) is 3.44. The number of benzene rings is 1. The van der Waals surface area contributed by atoms with E-state index >= 15 is 0 Å². The highest BCUT2D eigenvalue weighted by molar-refractivity contribution is 9.10. The van der Waals surface area contributed by atoms with Crippen molar-refractivity contribution in [1.29, 1.82) is 0 Å². The van der Waals surface area contributed by atoms with Crippen LogP contribution in [-0.2, 0) is 6.54 Å². The van der Waals surface area contributed by atoms with E-state index in [2.05, 4.69) is 50.6 Å². The van der Waals surface area contributed by atoms with Gasteiger partial charge in [0, 0.05) is 11.0 Å². The number of nitrogens with zero attached hydrogens (tertiary/aromatic N) is 1. The van der Waals surface area contributed by atoms with Crippen molar-refractivity contribution in [2.24, 2.45) is 5.41 Å². The summed E-state index contributed by atoms with van der Waals surface area (Å²) >= 11 is 8.86. The average molecular weight is 297 g/mol. The molecule has 0 saturated heterocycles. The van der Waals surface area contributed by atoms with Crippen LogP contribution < -0.4 is 0 Å². The third-order valence-corrected chi connectivity index (χ3v) is 4.20. The van der Waals surface area contributed by atoms with E-state index in [1.165, 1.54) is 18.4 Å². The highest BCUT2D eigenvalue weighted by Gasteiger charge is 2.37. The van der Waals surface area contributed by atoms with E-state index in [0.717, 1.165) is 21.3 Å². The molecule has 84 valence electrons. The van der Waals surface area contributed by atoms with Crippen LogP contribution >= 0.6 is 28.1 Å². The SMILES string of the molecule is CC1(Cn2c(=S)[nH]c3cc(Br)ccc32)CC1. The summed E-state index contributed by atoms with van der Waals surface area (Å²) in [7, 11) is 0. The van der Waals surface area contributed by atoms with Gasteiger partial charge in [-0.15, -0.1) is 0 Å². The lowest BCUT2D eigenvalue weighted by Gasteiger charge is -2.10. The summed E-state index contributed by atoms with van der Waals surface area (Å²) in [4.78, 5) is 3.27. The first-order chi connectivity index (χ1) is 7.57. The Morgan fingerprint density at radius 1 is 1.50 bits per heavy atom. The molecule has 1 fully saturated rings.